The van der Waals surface area contributed by atoms with Crippen molar-refractivity contribution < 1.29 is 13.3 Å². The Morgan fingerprint density at radius 1 is 1.38 bits per heavy atom. The third-order valence-corrected chi connectivity index (χ3v) is 3.61. The van der Waals surface area contributed by atoms with Crippen LogP contribution in [0.15, 0.2) is 34.3 Å². The van der Waals surface area contributed by atoms with E-state index in [2.05, 4.69) is 21.1 Å². The summed E-state index contributed by atoms with van der Waals surface area (Å²) in [5.41, 5.74) is 0.866. The number of halogens is 1. The van der Waals surface area contributed by atoms with E-state index in [4.69, 9.17) is 9.98 Å². The molecule has 0 aromatic heterocycles. The molecule has 5 nitrogen and oxygen atoms in total. The van der Waals surface area contributed by atoms with Crippen LogP contribution in [-0.4, -0.2) is 13.0 Å². The summed E-state index contributed by atoms with van der Waals surface area (Å²) in [6.07, 6.45) is 0.484. The van der Waals surface area contributed by atoms with E-state index < -0.39 is 10.0 Å². The highest BCUT2D eigenvalue weighted by atomic mass is 79.9. The van der Waals surface area contributed by atoms with Gasteiger partial charge in [-0.1, -0.05) is 17.3 Å². The minimum absolute atomic E-state index is 0.0919. The molecule has 0 bridgehead atoms. The molecule has 16 heavy (non-hydrogen) atoms. The van der Waals surface area contributed by atoms with Gasteiger partial charge in [-0.2, -0.15) is 0 Å². The van der Waals surface area contributed by atoms with Crippen LogP contribution in [0.5, 0.6) is 0 Å². The Morgan fingerprint density at radius 2 is 2.00 bits per heavy atom. The van der Waals surface area contributed by atoms with Crippen LogP contribution in [0.4, 0.5) is 0 Å². The van der Waals surface area contributed by atoms with Gasteiger partial charge in [-0.3, -0.25) is 0 Å². The van der Waals surface area contributed by atoms with Gasteiger partial charge >= 0.3 is 0 Å². The Balaban J connectivity index is 2.21. The van der Waals surface area contributed by atoms with Crippen molar-refractivity contribution in [1.82, 2.24) is 0 Å². The van der Waals surface area contributed by atoms with Crippen LogP contribution in [0.3, 0.4) is 0 Å². The van der Waals surface area contributed by atoms with Crippen molar-refractivity contribution in [2.45, 2.75) is 17.4 Å². The molecular weight excluding hydrogens is 296 g/mol. The molecule has 1 heterocycles. The molecular formula is C9H9BrN2O3S. The zero-order valence-electron chi connectivity index (χ0n) is 8.13. The zero-order valence-corrected chi connectivity index (χ0v) is 10.5. The lowest BCUT2D eigenvalue weighted by Gasteiger charge is -2.08. The molecule has 0 amide bonds. The lowest BCUT2D eigenvalue weighted by Crippen LogP contribution is -2.12. The molecule has 2 N–H and O–H groups in total. The highest BCUT2D eigenvalue weighted by Crippen LogP contribution is 2.29. The number of sulfonamides is 1. The molecule has 0 radical (unpaired) electrons. The van der Waals surface area contributed by atoms with Crippen LogP contribution in [0.25, 0.3) is 0 Å². The second-order valence-corrected chi connectivity index (χ2v) is 5.86. The predicted octanol–water partition coefficient (Wildman–Crippen LogP) is 1.50. The van der Waals surface area contributed by atoms with Gasteiger partial charge in [-0.25, -0.2) is 13.6 Å². The van der Waals surface area contributed by atoms with Crippen molar-refractivity contribution in [3.63, 3.8) is 0 Å². The Bertz CT molecular complexity index is 524. The Kier molecular flexibility index (Phi) is 3.00. The SMILES string of the molecule is NS(=O)(=O)c1ccc(C2CC(Br)=NO2)cc1. The molecule has 0 saturated heterocycles. The minimum Gasteiger partial charge on any atom is -0.386 e. The van der Waals surface area contributed by atoms with E-state index in [0.29, 0.717) is 6.42 Å². The molecule has 7 heteroatoms. The molecule has 1 aliphatic rings. The average Bonchev–Trinajstić information content (AvgIpc) is 2.64. The van der Waals surface area contributed by atoms with Crippen molar-refractivity contribution in [1.29, 1.82) is 0 Å². The standard InChI is InChI=1S/C9H9BrN2O3S/c10-9-5-8(15-12-9)6-1-3-7(4-2-6)16(11,13)14/h1-4,8H,5H2,(H2,11,13,14). The second-order valence-electron chi connectivity index (χ2n) is 3.38. The molecule has 86 valence electrons. The van der Waals surface area contributed by atoms with E-state index in [1.807, 2.05) is 0 Å². The summed E-state index contributed by atoms with van der Waals surface area (Å²) in [4.78, 5) is 5.23. The fourth-order valence-corrected chi connectivity index (χ4v) is 2.29. The maximum Gasteiger partial charge on any atom is 0.238 e. The first kappa shape index (κ1) is 11.6. The first-order valence-electron chi connectivity index (χ1n) is 4.48. The van der Waals surface area contributed by atoms with Gasteiger partial charge in [0, 0.05) is 6.42 Å². The number of rotatable bonds is 2. The smallest absolute Gasteiger partial charge is 0.238 e. The topological polar surface area (TPSA) is 81.8 Å². The number of benzene rings is 1. The van der Waals surface area contributed by atoms with Crippen LogP contribution >= 0.6 is 15.9 Å². The van der Waals surface area contributed by atoms with Gasteiger partial charge in [0.2, 0.25) is 10.0 Å². The van der Waals surface area contributed by atoms with Gasteiger partial charge in [0.1, 0.15) is 4.62 Å². The highest BCUT2D eigenvalue weighted by Gasteiger charge is 2.21. The monoisotopic (exact) mass is 304 g/mol. The first-order chi connectivity index (χ1) is 7.47. The number of oxime groups is 1. The van der Waals surface area contributed by atoms with Gasteiger partial charge < -0.3 is 4.84 Å². The van der Waals surface area contributed by atoms with Crippen molar-refractivity contribution in [3.8, 4) is 0 Å². The Morgan fingerprint density at radius 3 is 2.44 bits per heavy atom. The molecule has 0 aliphatic carbocycles. The van der Waals surface area contributed by atoms with Crippen molar-refractivity contribution in [3.05, 3.63) is 29.8 Å². The van der Waals surface area contributed by atoms with Crippen LogP contribution in [-0.2, 0) is 14.9 Å². The van der Waals surface area contributed by atoms with E-state index in [9.17, 15) is 8.42 Å². The van der Waals surface area contributed by atoms with Gasteiger partial charge in [-0.05, 0) is 33.6 Å². The van der Waals surface area contributed by atoms with Gasteiger partial charge in [0.25, 0.3) is 0 Å². The average molecular weight is 305 g/mol. The van der Waals surface area contributed by atoms with E-state index in [0.717, 1.165) is 10.2 Å². The summed E-state index contributed by atoms with van der Waals surface area (Å²) in [6.45, 7) is 0. The zero-order chi connectivity index (χ0) is 11.8. The molecule has 1 aromatic carbocycles. The van der Waals surface area contributed by atoms with E-state index in [-0.39, 0.29) is 11.0 Å². The summed E-state index contributed by atoms with van der Waals surface area (Å²) in [5, 5.41) is 8.75. The number of primary sulfonamides is 1. The van der Waals surface area contributed by atoms with Crippen molar-refractivity contribution >= 4 is 30.6 Å². The number of hydrogen-bond acceptors (Lipinski definition) is 4. The summed E-state index contributed by atoms with van der Waals surface area (Å²) < 4.78 is 22.8. The largest absolute Gasteiger partial charge is 0.386 e. The molecule has 0 spiro atoms. The van der Waals surface area contributed by atoms with Crippen molar-refractivity contribution in [2.75, 3.05) is 0 Å². The summed E-state index contributed by atoms with van der Waals surface area (Å²) >= 11 is 3.23. The minimum atomic E-state index is -3.63. The third kappa shape index (κ3) is 2.42. The molecule has 1 aromatic rings. The summed E-state index contributed by atoms with van der Waals surface area (Å²) in [6, 6.07) is 6.26. The van der Waals surface area contributed by atoms with E-state index in [1.54, 1.807) is 12.1 Å². The molecule has 0 fully saturated rings. The van der Waals surface area contributed by atoms with Crippen LogP contribution in [0.2, 0.25) is 0 Å². The molecule has 1 aliphatic heterocycles. The lowest BCUT2D eigenvalue weighted by atomic mass is 10.1. The Hall–Kier alpha value is -0.920. The number of nitrogens with zero attached hydrogens (tertiary/aromatic N) is 1. The summed E-state index contributed by atoms with van der Waals surface area (Å²) in [5.74, 6) is 0. The highest BCUT2D eigenvalue weighted by molar-refractivity contribution is 9.18. The predicted molar refractivity (Wildman–Crippen MR) is 62.6 cm³/mol. The quantitative estimate of drug-likeness (QED) is 0.899. The van der Waals surface area contributed by atoms with Gasteiger partial charge in [0.05, 0.1) is 4.90 Å². The van der Waals surface area contributed by atoms with E-state index >= 15 is 0 Å². The maximum atomic E-state index is 11.0. The fraction of sp³-hybridized carbons (Fsp3) is 0.222. The van der Waals surface area contributed by atoms with Crippen LogP contribution < -0.4 is 5.14 Å². The van der Waals surface area contributed by atoms with E-state index in [1.165, 1.54) is 12.1 Å². The lowest BCUT2D eigenvalue weighted by molar-refractivity contribution is 0.0857. The Labute approximate surface area is 101 Å². The van der Waals surface area contributed by atoms with Gasteiger partial charge in [-0.15, -0.1) is 0 Å². The van der Waals surface area contributed by atoms with Crippen molar-refractivity contribution in [2.24, 2.45) is 10.3 Å². The summed E-state index contributed by atoms with van der Waals surface area (Å²) in [7, 11) is -3.63. The van der Waals surface area contributed by atoms with Crippen LogP contribution in [0.1, 0.15) is 18.1 Å². The molecule has 2 rings (SSSR count). The molecule has 0 saturated carbocycles. The fourth-order valence-electron chi connectivity index (χ4n) is 1.40. The number of hydrogen-bond donors (Lipinski definition) is 1. The molecule has 1 unspecified atom stereocenters. The second kappa shape index (κ2) is 4.15. The normalized spacial score (nSPS) is 20.4. The first-order valence-corrected chi connectivity index (χ1v) is 6.82. The third-order valence-electron chi connectivity index (χ3n) is 2.21. The van der Waals surface area contributed by atoms with Gasteiger partial charge in [0.15, 0.2) is 6.10 Å². The maximum absolute atomic E-state index is 11.0. The molecule has 1 atom stereocenters. The van der Waals surface area contributed by atoms with Crippen LogP contribution in [0, 0.1) is 0 Å². The number of nitrogens with two attached hydrogens (primary N) is 1.